The van der Waals surface area contributed by atoms with Gasteiger partial charge in [-0.15, -0.1) is 0 Å². The topological polar surface area (TPSA) is 92.2 Å². The quantitative estimate of drug-likeness (QED) is 0.753. The SMILES string of the molecule is CN(C)CCNC(=O)c1nc(C(=O)NCc2ccncc2)c2n1CCCC2. The molecule has 2 aromatic rings. The molecular formula is C19H26N6O2. The van der Waals surface area contributed by atoms with Crippen molar-refractivity contribution >= 4 is 11.8 Å². The maximum atomic E-state index is 12.7. The highest BCUT2D eigenvalue weighted by Crippen LogP contribution is 2.21. The molecule has 0 saturated carbocycles. The number of nitrogens with zero attached hydrogens (tertiary/aromatic N) is 4. The minimum absolute atomic E-state index is 0.229. The van der Waals surface area contributed by atoms with E-state index in [-0.39, 0.29) is 11.8 Å². The first-order valence-electron chi connectivity index (χ1n) is 9.25. The minimum Gasteiger partial charge on any atom is -0.348 e. The van der Waals surface area contributed by atoms with Crippen LogP contribution in [0.15, 0.2) is 24.5 Å². The molecule has 8 heteroatoms. The second kappa shape index (κ2) is 8.77. The van der Waals surface area contributed by atoms with Crippen LogP contribution in [0.3, 0.4) is 0 Å². The van der Waals surface area contributed by atoms with Gasteiger partial charge in [0.05, 0.1) is 5.69 Å². The zero-order chi connectivity index (χ0) is 19.2. The third kappa shape index (κ3) is 4.71. The molecule has 3 heterocycles. The maximum absolute atomic E-state index is 12.7. The van der Waals surface area contributed by atoms with Gasteiger partial charge in [-0.3, -0.25) is 14.6 Å². The van der Waals surface area contributed by atoms with Crippen molar-refractivity contribution in [3.05, 3.63) is 47.3 Å². The summed E-state index contributed by atoms with van der Waals surface area (Å²) in [7, 11) is 3.91. The fourth-order valence-electron chi connectivity index (χ4n) is 3.14. The van der Waals surface area contributed by atoms with E-state index >= 15 is 0 Å². The van der Waals surface area contributed by atoms with E-state index in [1.165, 1.54) is 0 Å². The molecule has 0 bridgehead atoms. The van der Waals surface area contributed by atoms with E-state index in [1.54, 1.807) is 12.4 Å². The fraction of sp³-hybridized carbons (Fsp3) is 0.474. The van der Waals surface area contributed by atoms with E-state index in [9.17, 15) is 9.59 Å². The molecule has 0 aromatic carbocycles. The second-order valence-corrected chi connectivity index (χ2v) is 6.94. The second-order valence-electron chi connectivity index (χ2n) is 6.94. The Labute approximate surface area is 159 Å². The first-order valence-corrected chi connectivity index (χ1v) is 9.25. The number of rotatable bonds is 7. The molecule has 0 spiro atoms. The summed E-state index contributed by atoms with van der Waals surface area (Å²) in [6, 6.07) is 3.71. The third-order valence-corrected chi connectivity index (χ3v) is 4.58. The van der Waals surface area contributed by atoms with Crippen LogP contribution < -0.4 is 10.6 Å². The Morgan fingerprint density at radius 1 is 1.15 bits per heavy atom. The molecule has 2 aromatic heterocycles. The van der Waals surface area contributed by atoms with E-state index < -0.39 is 0 Å². The predicted molar refractivity (Wildman–Crippen MR) is 101 cm³/mol. The molecule has 0 saturated heterocycles. The van der Waals surface area contributed by atoms with Crippen molar-refractivity contribution in [2.75, 3.05) is 27.2 Å². The number of likely N-dealkylation sites (N-methyl/N-ethyl adjacent to an activating group) is 1. The zero-order valence-corrected chi connectivity index (χ0v) is 15.9. The van der Waals surface area contributed by atoms with Crippen LogP contribution in [0.4, 0.5) is 0 Å². The lowest BCUT2D eigenvalue weighted by Crippen LogP contribution is -2.33. The van der Waals surface area contributed by atoms with Crippen molar-refractivity contribution in [3.63, 3.8) is 0 Å². The number of hydrogen-bond donors (Lipinski definition) is 2. The Bertz CT molecular complexity index is 800. The van der Waals surface area contributed by atoms with E-state index in [0.29, 0.717) is 24.6 Å². The average molecular weight is 370 g/mol. The van der Waals surface area contributed by atoms with Crippen molar-refractivity contribution in [2.24, 2.45) is 0 Å². The largest absolute Gasteiger partial charge is 0.348 e. The van der Waals surface area contributed by atoms with Gasteiger partial charge in [0, 0.05) is 38.6 Å². The summed E-state index contributed by atoms with van der Waals surface area (Å²) < 4.78 is 1.90. The summed E-state index contributed by atoms with van der Waals surface area (Å²) >= 11 is 0. The molecule has 2 N–H and O–H groups in total. The van der Waals surface area contributed by atoms with Gasteiger partial charge in [0.25, 0.3) is 11.8 Å². The average Bonchev–Trinajstić information content (AvgIpc) is 3.06. The molecule has 8 nitrogen and oxygen atoms in total. The molecule has 1 aliphatic rings. The maximum Gasteiger partial charge on any atom is 0.287 e. The van der Waals surface area contributed by atoms with Gasteiger partial charge in [0.15, 0.2) is 5.82 Å². The Morgan fingerprint density at radius 2 is 1.93 bits per heavy atom. The summed E-state index contributed by atoms with van der Waals surface area (Å²) in [5, 5.41) is 5.78. The van der Waals surface area contributed by atoms with Crippen LogP contribution in [0, 0.1) is 0 Å². The summed E-state index contributed by atoms with van der Waals surface area (Å²) in [6.07, 6.45) is 6.12. The van der Waals surface area contributed by atoms with E-state index in [1.807, 2.05) is 35.7 Å². The number of fused-ring (bicyclic) bond motifs is 1. The highest BCUT2D eigenvalue weighted by atomic mass is 16.2. The standard InChI is InChI=1S/C19H26N6O2/c1-24(2)12-10-21-19(27)17-23-16(15-5-3-4-11-25(15)17)18(26)22-13-14-6-8-20-9-7-14/h6-9H,3-5,10-13H2,1-2H3,(H,21,27)(H,22,26). The van der Waals surface area contributed by atoms with Gasteiger partial charge in [-0.1, -0.05) is 0 Å². The van der Waals surface area contributed by atoms with Gasteiger partial charge in [-0.05, 0) is 51.1 Å². The van der Waals surface area contributed by atoms with E-state index in [2.05, 4.69) is 20.6 Å². The highest BCUT2D eigenvalue weighted by molar-refractivity contribution is 5.97. The summed E-state index contributed by atoms with van der Waals surface area (Å²) in [4.78, 5) is 35.6. The molecule has 0 aliphatic carbocycles. The number of amides is 2. The smallest absolute Gasteiger partial charge is 0.287 e. The van der Waals surface area contributed by atoms with Gasteiger partial charge in [0.1, 0.15) is 5.69 Å². The summed E-state index contributed by atoms with van der Waals surface area (Å²) in [5.41, 5.74) is 2.18. The lowest BCUT2D eigenvalue weighted by atomic mass is 10.1. The van der Waals surface area contributed by atoms with Crippen molar-refractivity contribution in [1.82, 2.24) is 30.1 Å². The van der Waals surface area contributed by atoms with Crippen molar-refractivity contribution in [1.29, 1.82) is 0 Å². The molecule has 3 rings (SSSR count). The first kappa shape index (κ1) is 19.0. The monoisotopic (exact) mass is 370 g/mol. The minimum atomic E-state index is -0.246. The fourth-order valence-corrected chi connectivity index (χ4v) is 3.14. The molecule has 144 valence electrons. The molecule has 0 radical (unpaired) electrons. The molecule has 2 amide bonds. The Balaban J connectivity index is 1.74. The van der Waals surface area contributed by atoms with Crippen LogP contribution in [0.25, 0.3) is 0 Å². The van der Waals surface area contributed by atoms with Crippen LogP contribution in [0.5, 0.6) is 0 Å². The van der Waals surface area contributed by atoms with Crippen molar-refractivity contribution < 1.29 is 9.59 Å². The Kier molecular flexibility index (Phi) is 6.18. The van der Waals surface area contributed by atoms with Crippen molar-refractivity contribution in [2.45, 2.75) is 32.4 Å². The number of hydrogen-bond acceptors (Lipinski definition) is 5. The molecular weight excluding hydrogens is 344 g/mol. The molecule has 27 heavy (non-hydrogen) atoms. The van der Waals surface area contributed by atoms with Gasteiger partial charge in [0.2, 0.25) is 0 Å². The molecule has 0 unspecified atom stereocenters. The van der Waals surface area contributed by atoms with Gasteiger partial charge < -0.3 is 20.1 Å². The number of aromatic nitrogens is 3. The van der Waals surface area contributed by atoms with Gasteiger partial charge in [-0.25, -0.2) is 4.98 Å². The lowest BCUT2D eigenvalue weighted by Gasteiger charge is -2.17. The number of imidazole rings is 1. The third-order valence-electron chi connectivity index (χ3n) is 4.58. The van der Waals surface area contributed by atoms with Crippen LogP contribution >= 0.6 is 0 Å². The number of carbonyl (C=O) groups is 2. The van der Waals surface area contributed by atoms with Crippen LogP contribution in [0.1, 0.15) is 45.2 Å². The van der Waals surface area contributed by atoms with E-state index in [4.69, 9.17) is 0 Å². The normalized spacial score (nSPS) is 13.3. The van der Waals surface area contributed by atoms with Gasteiger partial charge in [-0.2, -0.15) is 0 Å². The summed E-state index contributed by atoms with van der Waals surface area (Å²) in [5.74, 6) is -0.143. The Morgan fingerprint density at radius 3 is 2.67 bits per heavy atom. The van der Waals surface area contributed by atoms with E-state index in [0.717, 1.165) is 43.6 Å². The number of carbonyl (C=O) groups excluding carboxylic acids is 2. The Hall–Kier alpha value is -2.74. The number of nitrogens with one attached hydrogen (secondary N) is 2. The number of pyridine rings is 1. The van der Waals surface area contributed by atoms with Crippen LogP contribution in [-0.4, -0.2) is 58.4 Å². The highest BCUT2D eigenvalue weighted by Gasteiger charge is 2.27. The van der Waals surface area contributed by atoms with Gasteiger partial charge >= 0.3 is 0 Å². The lowest BCUT2D eigenvalue weighted by molar-refractivity contribution is 0.0935. The summed E-state index contributed by atoms with van der Waals surface area (Å²) in [6.45, 7) is 2.41. The van der Waals surface area contributed by atoms with Crippen molar-refractivity contribution in [3.8, 4) is 0 Å². The molecule has 0 atom stereocenters. The van der Waals surface area contributed by atoms with Crippen LogP contribution in [0.2, 0.25) is 0 Å². The molecule has 1 aliphatic heterocycles. The zero-order valence-electron chi connectivity index (χ0n) is 15.9. The first-order chi connectivity index (χ1) is 13.1. The predicted octanol–water partition coefficient (Wildman–Crippen LogP) is 0.836. The van der Waals surface area contributed by atoms with Crippen LogP contribution in [-0.2, 0) is 19.5 Å². The molecule has 0 fully saturated rings.